The van der Waals surface area contributed by atoms with Gasteiger partial charge in [-0.1, -0.05) is 18.2 Å². The highest BCUT2D eigenvalue weighted by Crippen LogP contribution is 2.49. The Morgan fingerprint density at radius 3 is 1.45 bits per heavy atom. The normalized spacial score (nSPS) is 21.9. The molecule has 3 aromatic carbocycles. The molecule has 22 nitrogen and oxygen atoms in total. The number of likely N-dealkylation sites (tertiary alicyclic amines) is 1. The standard InChI is InChI=1S/C26H35F3N4O4.C26H29F3N4O4.C21H27F3N4O2.ClH/c2*1-15-11-17(9-10-32(15)24(34)37-25(2,3)4)19-14-23-30-18(13-22(26(27,28)29)33(23)31-19)16-7-8-20(35-5)21(12-16)36-6;1-12-8-14(6-7-25-12)16-11-20-26-15(10-19(21(22,23)24)28(20)27-16)13-4-5-17(29-2)18(9-13)30-3;/h7-8,12,14-15,17-18,22,30H,9-11,13H2,1-6H3;7-8,11-15H,9-10H2,1-6H3;4-5,9,11-12,14-15,19,25-26H,6-8,10H2,1-3H3;1H. The van der Waals surface area contributed by atoms with Crippen LogP contribution in [0.15, 0.2) is 84.9 Å². The Morgan fingerprint density at radius 2 is 1.00 bits per heavy atom. The Bertz CT molecular complexity index is 4220. The highest BCUT2D eigenvalue weighted by Gasteiger charge is 2.49. The molecule has 12 rings (SSSR count). The number of piperidine rings is 2. The fourth-order valence-corrected chi connectivity index (χ4v) is 13.8. The van der Waals surface area contributed by atoms with Gasteiger partial charge in [0.25, 0.3) is 0 Å². The number of alkyl halides is 9. The molecule has 105 heavy (non-hydrogen) atoms. The van der Waals surface area contributed by atoms with Gasteiger partial charge >= 0.3 is 30.7 Å². The molecule has 3 N–H and O–H groups in total. The third kappa shape index (κ3) is 18.6. The highest BCUT2D eigenvalue weighted by atomic mass is 35.5. The molecule has 9 atom stereocenters. The van der Waals surface area contributed by atoms with Crippen molar-refractivity contribution in [3.05, 3.63) is 119 Å². The van der Waals surface area contributed by atoms with E-state index in [1.165, 1.54) is 48.7 Å². The average Bonchev–Trinajstić information content (AvgIpc) is 1.68. The predicted octanol–water partition coefficient (Wildman–Crippen LogP) is 16.7. The summed E-state index contributed by atoms with van der Waals surface area (Å²) in [7, 11) is 8.96. The van der Waals surface area contributed by atoms with Crippen LogP contribution in [-0.4, -0.2) is 160 Å². The number of nitrogens with zero attached hydrogens (tertiary/aromatic N) is 9. The second kappa shape index (κ2) is 32.0. The average molecular weight is 1500 g/mol. The molecule has 0 aliphatic carbocycles. The Labute approximate surface area is 609 Å². The number of carbonyl (C=O) groups is 2. The smallest absolute Gasteiger partial charge is 0.433 e. The Kier molecular flexibility index (Phi) is 24.4. The zero-order valence-corrected chi connectivity index (χ0v) is 62.1. The highest BCUT2D eigenvalue weighted by molar-refractivity contribution is 5.85. The molecule has 5 aliphatic rings. The van der Waals surface area contributed by atoms with Crippen molar-refractivity contribution in [1.82, 2.24) is 49.3 Å². The number of methoxy groups -OCH3 is 6. The van der Waals surface area contributed by atoms with Gasteiger partial charge in [0.1, 0.15) is 22.8 Å². The van der Waals surface area contributed by atoms with Crippen LogP contribution in [-0.2, 0) is 15.7 Å². The summed E-state index contributed by atoms with van der Waals surface area (Å²) < 4.78 is 172. The molecular weight excluding hydrogens is 1410 g/mol. The minimum Gasteiger partial charge on any atom is -0.493 e. The van der Waals surface area contributed by atoms with Crippen LogP contribution in [0.4, 0.5) is 60.7 Å². The van der Waals surface area contributed by atoms with Crippen LogP contribution in [0, 0.1) is 0 Å². The third-order valence-corrected chi connectivity index (χ3v) is 18.9. The quantitative estimate of drug-likeness (QED) is 0.0969. The maximum Gasteiger partial charge on any atom is 0.433 e. The van der Waals surface area contributed by atoms with Crippen molar-refractivity contribution in [1.29, 1.82) is 0 Å². The maximum atomic E-state index is 14.2. The van der Waals surface area contributed by atoms with Gasteiger partial charge in [-0.2, -0.15) is 54.8 Å². The van der Waals surface area contributed by atoms with Crippen LogP contribution in [0.25, 0.3) is 22.5 Å². The fraction of sp³-hybridized carbons (Fsp3) is 0.534. The van der Waals surface area contributed by atoms with Gasteiger partial charge in [-0.3, -0.25) is 0 Å². The summed E-state index contributed by atoms with van der Waals surface area (Å²) in [6, 6.07) is 16.5. The first-order valence-corrected chi connectivity index (χ1v) is 34.3. The number of carbonyl (C=O) groups excluding carboxylic acids is 2. The zero-order valence-electron chi connectivity index (χ0n) is 61.3. The molecule has 2 fully saturated rings. The second-order valence-electron chi connectivity index (χ2n) is 28.6. The number of amides is 2. The van der Waals surface area contributed by atoms with E-state index in [1.54, 1.807) is 97.3 Å². The summed E-state index contributed by atoms with van der Waals surface area (Å²) in [5, 5.41) is 23.0. The largest absolute Gasteiger partial charge is 0.493 e. The molecule has 9 unspecified atom stereocenters. The third-order valence-electron chi connectivity index (χ3n) is 18.9. The number of ether oxygens (including phenoxy) is 8. The summed E-state index contributed by atoms with van der Waals surface area (Å²) >= 11 is 0. The van der Waals surface area contributed by atoms with Crippen molar-refractivity contribution in [2.45, 2.75) is 191 Å². The Hall–Kier alpha value is -9.00. The number of aromatic nitrogens is 7. The van der Waals surface area contributed by atoms with Gasteiger partial charge in [0, 0.05) is 73.6 Å². The van der Waals surface area contributed by atoms with E-state index in [0.29, 0.717) is 113 Å². The molecule has 2 saturated heterocycles. The van der Waals surface area contributed by atoms with Gasteiger partial charge in [-0.25, -0.2) is 28.5 Å². The van der Waals surface area contributed by atoms with Gasteiger partial charge < -0.3 is 63.6 Å². The van der Waals surface area contributed by atoms with E-state index in [4.69, 9.17) is 37.9 Å². The van der Waals surface area contributed by atoms with Crippen LogP contribution in [0.2, 0.25) is 0 Å². The van der Waals surface area contributed by atoms with Gasteiger partial charge in [0.2, 0.25) is 0 Å². The summed E-state index contributed by atoms with van der Waals surface area (Å²) in [4.78, 5) is 32.8. The van der Waals surface area contributed by atoms with Crippen molar-refractivity contribution in [2.24, 2.45) is 0 Å². The van der Waals surface area contributed by atoms with Crippen LogP contribution < -0.4 is 44.4 Å². The molecule has 0 radical (unpaired) electrons. The molecule has 0 saturated carbocycles. The molecule has 0 spiro atoms. The lowest BCUT2D eigenvalue weighted by Crippen LogP contribution is -2.46. The van der Waals surface area contributed by atoms with Crippen molar-refractivity contribution in [3.8, 4) is 45.8 Å². The van der Waals surface area contributed by atoms with Gasteiger partial charge in [0.15, 0.2) is 57.9 Å². The number of rotatable bonds is 12. The molecule has 7 aromatic rings. The van der Waals surface area contributed by atoms with Crippen molar-refractivity contribution in [3.63, 3.8) is 0 Å². The summed E-state index contributed by atoms with van der Waals surface area (Å²) in [6.07, 6.45) is -9.55. The maximum absolute atomic E-state index is 14.2. The van der Waals surface area contributed by atoms with E-state index in [-0.39, 0.29) is 66.6 Å². The van der Waals surface area contributed by atoms with E-state index in [0.717, 1.165) is 50.6 Å². The summed E-state index contributed by atoms with van der Waals surface area (Å²) in [5.74, 6) is 3.64. The molecular formula is C73H92ClF9N12O10. The van der Waals surface area contributed by atoms with E-state index >= 15 is 0 Å². The summed E-state index contributed by atoms with van der Waals surface area (Å²) in [6.45, 7) is 18.3. The van der Waals surface area contributed by atoms with E-state index in [9.17, 15) is 49.1 Å². The molecule has 2 amide bonds. The van der Waals surface area contributed by atoms with E-state index < -0.39 is 65.7 Å². The monoisotopic (exact) mass is 1500 g/mol. The van der Waals surface area contributed by atoms with Gasteiger partial charge in [-0.05, 0) is 166 Å². The first-order chi connectivity index (χ1) is 48.9. The number of nitrogens with one attached hydrogen (secondary N) is 3. The zero-order chi connectivity index (χ0) is 75.7. The molecule has 4 aromatic heterocycles. The van der Waals surface area contributed by atoms with Gasteiger partial charge in [-0.15, -0.1) is 12.4 Å². The van der Waals surface area contributed by atoms with Crippen LogP contribution in [0.1, 0.15) is 177 Å². The SMILES string of the molecule is COc1ccc(-c2cc(C(F)(F)F)n3nc(C4=CC(C)N(C(=O)OC(C)(C)C)CC4)cc3n2)cc1OC.COc1ccc(C2CC(C(F)(F)F)n3nc(C4CCN(C(=O)OC(C)(C)C)C(C)C4)cc3N2)cc1OC.COc1ccc(C2CC(C(F)(F)F)n3nc(C4CCNC(C)C4)cc3N2)cc1OC.Cl. The molecule has 32 heteroatoms. The lowest BCUT2D eigenvalue weighted by atomic mass is 9.89. The van der Waals surface area contributed by atoms with Gasteiger partial charge in [0.05, 0.1) is 83.6 Å². The number of fused-ring (bicyclic) bond motifs is 3. The minimum absolute atomic E-state index is 0. The molecule has 0 bridgehead atoms. The van der Waals surface area contributed by atoms with Crippen LogP contribution in [0.5, 0.6) is 34.5 Å². The predicted molar refractivity (Wildman–Crippen MR) is 378 cm³/mol. The first kappa shape index (κ1) is 80.1. The Balaban J connectivity index is 0.000000183. The molecule has 9 heterocycles. The van der Waals surface area contributed by atoms with Crippen molar-refractivity contribution < 1.29 is 87.0 Å². The fourth-order valence-electron chi connectivity index (χ4n) is 13.8. The van der Waals surface area contributed by atoms with Crippen LogP contribution >= 0.6 is 12.4 Å². The second-order valence-corrected chi connectivity index (χ2v) is 28.6. The number of hydrogen-bond donors (Lipinski definition) is 3. The van der Waals surface area contributed by atoms with E-state index in [1.807, 2.05) is 40.7 Å². The number of anilines is 2. The Morgan fingerprint density at radius 1 is 0.524 bits per heavy atom. The van der Waals surface area contributed by atoms with Crippen molar-refractivity contribution in [2.75, 3.05) is 72.9 Å². The topological polar surface area (TPSA) is 216 Å². The van der Waals surface area contributed by atoms with Crippen molar-refractivity contribution >= 4 is 47.4 Å². The molecule has 5 aliphatic heterocycles. The first-order valence-electron chi connectivity index (χ1n) is 34.3. The lowest BCUT2D eigenvalue weighted by Gasteiger charge is -2.37. The number of benzene rings is 3. The number of halogens is 10. The minimum atomic E-state index is -4.67. The van der Waals surface area contributed by atoms with Crippen LogP contribution in [0.3, 0.4) is 0 Å². The molecule has 574 valence electrons. The lowest BCUT2D eigenvalue weighted by molar-refractivity contribution is -0.174. The summed E-state index contributed by atoms with van der Waals surface area (Å²) in [5.41, 5.74) is 2.25. The van der Waals surface area contributed by atoms with E-state index in [2.05, 4.69) is 43.2 Å². The number of hydrogen-bond acceptors (Lipinski definition) is 17.